The fourth-order valence-corrected chi connectivity index (χ4v) is 1.05. The van der Waals surface area contributed by atoms with Crippen molar-refractivity contribution in [1.29, 1.82) is 0 Å². The summed E-state index contributed by atoms with van der Waals surface area (Å²) in [5, 5.41) is 8.75. The van der Waals surface area contributed by atoms with Gasteiger partial charge in [-0.15, -0.1) is 0 Å². The Labute approximate surface area is 99.2 Å². The van der Waals surface area contributed by atoms with Gasteiger partial charge in [-0.3, -0.25) is 0 Å². The summed E-state index contributed by atoms with van der Waals surface area (Å²) in [6, 6.07) is 2.41. The maximum atomic E-state index is 12.6. The summed E-state index contributed by atoms with van der Waals surface area (Å²) in [7, 11) is 0. The predicted molar refractivity (Wildman–Crippen MR) is 52.4 cm³/mol. The number of hydrogen-bond donors (Lipinski definition) is 1. The molecule has 0 aliphatic carbocycles. The highest BCUT2D eigenvalue weighted by Crippen LogP contribution is 2.25. The lowest BCUT2D eigenvalue weighted by Gasteiger charge is -2.16. The first-order valence-electron chi connectivity index (χ1n) is 4.74. The minimum atomic E-state index is -4.35. The molecular weight excluding hydrogens is 258 g/mol. The molecule has 0 spiro atoms. The summed E-state index contributed by atoms with van der Waals surface area (Å²) in [5.41, 5.74) is -0.263. The van der Waals surface area contributed by atoms with Gasteiger partial charge in [0.15, 0.2) is 18.1 Å². The van der Waals surface area contributed by atoms with Gasteiger partial charge in [0.1, 0.15) is 0 Å². The number of hydrogen-bond acceptors (Lipinski definition) is 3. The Bertz CT molecular complexity index is 451. The molecule has 0 atom stereocenters. The summed E-state index contributed by atoms with van der Waals surface area (Å²) in [4.78, 5) is 14.3. The highest BCUT2D eigenvalue weighted by molar-refractivity contribution is 5.88. The molecule has 0 saturated heterocycles. The molecule has 8 heteroatoms. The number of carboxylic acids is 1. The van der Waals surface area contributed by atoms with Crippen LogP contribution in [0.4, 0.5) is 17.6 Å². The number of aromatic carboxylic acids is 1. The van der Waals surface area contributed by atoms with E-state index in [0.29, 0.717) is 5.69 Å². The van der Waals surface area contributed by atoms with Gasteiger partial charge in [0, 0.05) is 5.69 Å². The first-order valence-corrected chi connectivity index (χ1v) is 4.74. The second-order valence-corrected chi connectivity index (χ2v) is 3.45. The number of rotatable bonds is 5. The Morgan fingerprint density at radius 1 is 1.50 bits per heavy atom. The van der Waals surface area contributed by atoms with E-state index in [2.05, 4.69) is 9.72 Å². The van der Waals surface area contributed by atoms with Crippen LogP contribution < -0.4 is 4.74 Å². The second-order valence-electron chi connectivity index (χ2n) is 3.45. The number of ether oxygens (including phenoxy) is 1. The number of carbonyl (C=O) groups is 1. The maximum Gasteiger partial charge on any atom is 0.358 e. The molecular formula is C10H9F4NO3. The molecule has 0 radical (unpaired) electrons. The van der Waals surface area contributed by atoms with Gasteiger partial charge in [0.25, 0.3) is 0 Å². The molecule has 1 heterocycles. The molecule has 0 amide bonds. The normalized spacial score (nSPS) is 11.7. The average Bonchev–Trinajstić information content (AvgIpc) is 2.27. The Kier molecular flexibility index (Phi) is 4.10. The third-order valence-corrected chi connectivity index (χ3v) is 1.94. The van der Waals surface area contributed by atoms with Crippen molar-refractivity contribution < 1.29 is 32.2 Å². The summed E-state index contributed by atoms with van der Waals surface area (Å²) < 4.78 is 53.4. The van der Waals surface area contributed by atoms with E-state index in [1.807, 2.05) is 0 Å². The van der Waals surface area contributed by atoms with Gasteiger partial charge in [-0.2, -0.15) is 8.78 Å². The lowest BCUT2D eigenvalue weighted by Crippen LogP contribution is -2.34. The maximum absolute atomic E-state index is 12.6. The van der Waals surface area contributed by atoms with E-state index >= 15 is 0 Å². The fourth-order valence-electron chi connectivity index (χ4n) is 1.05. The molecule has 0 unspecified atom stereocenters. The van der Waals surface area contributed by atoms with E-state index < -0.39 is 36.4 Å². The van der Waals surface area contributed by atoms with Crippen molar-refractivity contribution in [3.8, 4) is 5.75 Å². The quantitative estimate of drug-likeness (QED) is 0.832. The zero-order valence-corrected chi connectivity index (χ0v) is 9.16. The summed E-state index contributed by atoms with van der Waals surface area (Å²) in [5.74, 6) is -6.32. The molecule has 0 fully saturated rings. The minimum Gasteiger partial charge on any atom is -0.485 e. The number of carboxylic acid groups (broad SMARTS) is 1. The lowest BCUT2D eigenvalue weighted by atomic mass is 10.3. The van der Waals surface area contributed by atoms with Crippen LogP contribution in [0.25, 0.3) is 0 Å². The van der Waals surface area contributed by atoms with Crippen LogP contribution >= 0.6 is 0 Å². The van der Waals surface area contributed by atoms with E-state index in [9.17, 15) is 22.4 Å². The number of alkyl halides is 4. The third-order valence-electron chi connectivity index (χ3n) is 1.94. The van der Waals surface area contributed by atoms with Crippen LogP contribution in [0.2, 0.25) is 0 Å². The smallest absolute Gasteiger partial charge is 0.358 e. The second kappa shape index (κ2) is 5.19. The summed E-state index contributed by atoms with van der Waals surface area (Å²) >= 11 is 0. The molecule has 1 N–H and O–H groups in total. The van der Waals surface area contributed by atoms with Crippen molar-refractivity contribution in [3.05, 3.63) is 23.5 Å². The van der Waals surface area contributed by atoms with Gasteiger partial charge in [-0.1, -0.05) is 0 Å². The van der Waals surface area contributed by atoms with Crippen LogP contribution in [-0.2, 0) is 0 Å². The van der Waals surface area contributed by atoms with Gasteiger partial charge in [0.2, 0.25) is 0 Å². The van der Waals surface area contributed by atoms with Crippen molar-refractivity contribution in [2.45, 2.75) is 19.3 Å². The van der Waals surface area contributed by atoms with Crippen molar-refractivity contribution in [2.24, 2.45) is 0 Å². The van der Waals surface area contributed by atoms with Crippen LogP contribution in [0.1, 0.15) is 16.2 Å². The topological polar surface area (TPSA) is 59.4 Å². The van der Waals surface area contributed by atoms with Crippen molar-refractivity contribution in [2.75, 3.05) is 6.61 Å². The summed E-state index contributed by atoms with van der Waals surface area (Å²) in [6.45, 7) is -0.125. The van der Waals surface area contributed by atoms with Crippen LogP contribution in [0, 0.1) is 6.92 Å². The summed E-state index contributed by atoms with van der Waals surface area (Å²) in [6.07, 6.45) is -3.89. The zero-order valence-electron chi connectivity index (χ0n) is 9.16. The van der Waals surface area contributed by atoms with Crippen LogP contribution in [0.5, 0.6) is 5.75 Å². The van der Waals surface area contributed by atoms with Gasteiger partial charge < -0.3 is 9.84 Å². The van der Waals surface area contributed by atoms with Gasteiger partial charge in [-0.05, 0) is 19.1 Å². The Balaban J connectivity index is 2.89. The zero-order chi connectivity index (χ0) is 13.9. The standard InChI is InChI=1S/C10H9F4NO3/c1-5-2-3-6(7(15-5)8(16)17)18-4-10(13,14)9(11)12/h2-3,9H,4H2,1H3,(H,16,17). The molecule has 18 heavy (non-hydrogen) atoms. The number of nitrogens with zero attached hydrogens (tertiary/aromatic N) is 1. The van der Waals surface area contributed by atoms with Crippen LogP contribution in [-0.4, -0.2) is 35.0 Å². The Morgan fingerprint density at radius 2 is 2.11 bits per heavy atom. The van der Waals surface area contributed by atoms with Gasteiger partial charge in [-0.25, -0.2) is 18.6 Å². The van der Waals surface area contributed by atoms with Crippen molar-refractivity contribution >= 4 is 5.97 Å². The van der Waals surface area contributed by atoms with Gasteiger partial charge >= 0.3 is 18.3 Å². The number of pyridine rings is 1. The lowest BCUT2D eigenvalue weighted by molar-refractivity contribution is -0.148. The molecule has 1 aromatic rings. The Hall–Kier alpha value is -1.86. The molecule has 1 aromatic heterocycles. The van der Waals surface area contributed by atoms with Gasteiger partial charge in [0.05, 0.1) is 0 Å². The van der Waals surface area contributed by atoms with Crippen molar-refractivity contribution in [3.63, 3.8) is 0 Å². The highest BCUT2D eigenvalue weighted by atomic mass is 19.3. The molecule has 1 rings (SSSR count). The molecule has 100 valence electrons. The van der Waals surface area contributed by atoms with E-state index in [1.165, 1.54) is 13.0 Å². The monoisotopic (exact) mass is 267 g/mol. The van der Waals surface area contributed by atoms with E-state index in [4.69, 9.17) is 5.11 Å². The molecule has 0 aliphatic heterocycles. The molecule has 0 saturated carbocycles. The SMILES string of the molecule is Cc1ccc(OCC(F)(F)C(F)F)c(C(=O)O)n1. The molecule has 0 aromatic carbocycles. The number of halogens is 4. The van der Waals surface area contributed by atoms with E-state index in [-0.39, 0.29) is 0 Å². The third kappa shape index (κ3) is 3.31. The van der Waals surface area contributed by atoms with Crippen LogP contribution in [0.15, 0.2) is 12.1 Å². The number of aromatic nitrogens is 1. The molecule has 0 bridgehead atoms. The van der Waals surface area contributed by atoms with E-state index in [0.717, 1.165) is 6.07 Å². The molecule has 4 nitrogen and oxygen atoms in total. The van der Waals surface area contributed by atoms with E-state index in [1.54, 1.807) is 0 Å². The minimum absolute atomic E-state index is 0.334. The highest BCUT2D eigenvalue weighted by Gasteiger charge is 2.42. The van der Waals surface area contributed by atoms with Crippen LogP contribution in [0.3, 0.4) is 0 Å². The average molecular weight is 267 g/mol. The predicted octanol–water partition coefficient (Wildman–Crippen LogP) is 2.37. The Morgan fingerprint density at radius 3 is 2.61 bits per heavy atom. The molecule has 0 aliphatic rings. The first-order chi connectivity index (χ1) is 8.24. The first kappa shape index (κ1) is 14.2. The van der Waals surface area contributed by atoms with Crippen molar-refractivity contribution in [1.82, 2.24) is 4.98 Å². The fraction of sp³-hybridized carbons (Fsp3) is 0.400. The largest absolute Gasteiger partial charge is 0.485 e. The number of aryl methyl sites for hydroxylation is 1.